The van der Waals surface area contributed by atoms with Gasteiger partial charge in [0, 0.05) is 5.56 Å². The molecule has 0 aliphatic rings. The Hall–Kier alpha value is -3.44. The molecule has 0 saturated heterocycles. The predicted molar refractivity (Wildman–Crippen MR) is 130 cm³/mol. The van der Waals surface area contributed by atoms with Gasteiger partial charge in [0.2, 0.25) is 0 Å². The van der Waals surface area contributed by atoms with Gasteiger partial charge >= 0.3 is 0 Å². The standard InChI is InChI=1S/C29H29NO3/c1-32-28-20-12-11-19-26(28)29(25-17-9-4-10-18-25)30(31)27(24-15-7-3-8-16-24)22-33-21-23-13-5-2-6-14-23/h2-20,27,29,31H,21-22H2,1H3/t27-,29-/m0/s1. The van der Waals surface area contributed by atoms with Crippen molar-refractivity contribution in [1.29, 1.82) is 0 Å². The lowest BCUT2D eigenvalue weighted by Gasteiger charge is -2.34. The van der Waals surface area contributed by atoms with Gasteiger partial charge in [-0.2, -0.15) is 5.06 Å². The Morgan fingerprint density at radius 3 is 1.88 bits per heavy atom. The van der Waals surface area contributed by atoms with Crippen molar-refractivity contribution in [3.63, 3.8) is 0 Å². The highest BCUT2D eigenvalue weighted by molar-refractivity contribution is 5.42. The number of para-hydroxylation sites is 1. The average molecular weight is 440 g/mol. The van der Waals surface area contributed by atoms with Crippen molar-refractivity contribution in [2.24, 2.45) is 0 Å². The number of hydrogen-bond donors (Lipinski definition) is 1. The van der Waals surface area contributed by atoms with Crippen LogP contribution in [-0.4, -0.2) is 24.0 Å². The molecule has 4 nitrogen and oxygen atoms in total. The van der Waals surface area contributed by atoms with Gasteiger partial charge in [0.15, 0.2) is 0 Å². The van der Waals surface area contributed by atoms with Gasteiger partial charge in [0.1, 0.15) is 5.75 Å². The van der Waals surface area contributed by atoms with Gasteiger partial charge in [-0.05, 0) is 22.8 Å². The summed E-state index contributed by atoms with van der Waals surface area (Å²) < 4.78 is 11.8. The molecule has 0 aliphatic heterocycles. The summed E-state index contributed by atoms with van der Waals surface area (Å²) in [6.07, 6.45) is 0. The van der Waals surface area contributed by atoms with Crippen LogP contribution in [0.15, 0.2) is 115 Å². The Labute approximate surface area is 195 Å². The molecule has 0 heterocycles. The van der Waals surface area contributed by atoms with Gasteiger partial charge in [-0.1, -0.05) is 109 Å². The zero-order valence-electron chi connectivity index (χ0n) is 18.7. The predicted octanol–water partition coefficient (Wildman–Crippen LogP) is 6.43. The minimum absolute atomic E-state index is 0.327. The average Bonchev–Trinajstić information content (AvgIpc) is 2.89. The summed E-state index contributed by atoms with van der Waals surface area (Å²) in [5, 5.41) is 13.1. The summed E-state index contributed by atoms with van der Waals surface area (Å²) in [7, 11) is 1.65. The van der Waals surface area contributed by atoms with Crippen molar-refractivity contribution < 1.29 is 14.7 Å². The summed E-state index contributed by atoms with van der Waals surface area (Å²) in [6, 6.07) is 37.0. The van der Waals surface area contributed by atoms with Gasteiger partial charge in [-0.25, -0.2) is 0 Å². The summed E-state index contributed by atoms with van der Waals surface area (Å²) in [5.41, 5.74) is 3.92. The number of methoxy groups -OCH3 is 1. The zero-order valence-corrected chi connectivity index (χ0v) is 18.7. The number of nitrogens with zero attached hydrogens (tertiary/aromatic N) is 1. The molecule has 0 spiro atoms. The highest BCUT2D eigenvalue weighted by Crippen LogP contribution is 2.38. The van der Waals surface area contributed by atoms with E-state index in [0.29, 0.717) is 13.2 Å². The molecule has 0 aromatic heterocycles. The van der Waals surface area contributed by atoms with E-state index in [0.717, 1.165) is 28.0 Å². The van der Waals surface area contributed by atoms with E-state index < -0.39 is 6.04 Å². The van der Waals surface area contributed by atoms with E-state index in [1.807, 2.05) is 115 Å². The van der Waals surface area contributed by atoms with E-state index in [1.165, 1.54) is 5.06 Å². The number of hydrogen-bond acceptors (Lipinski definition) is 4. The SMILES string of the molecule is COc1ccccc1[C@H](c1ccccc1)N(O)[C@@H](COCc1ccccc1)c1ccccc1. The van der Waals surface area contributed by atoms with Crippen LogP contribution in [0.1, 0.15) is 34.3 Å². The second kappa shape index (κ2) is 11.4. The fourth-order valence-corrected chi connectivity index (χ4v) is 4.05. The molecule has 0 bridgehead atoms. The van der Waals surface area contributed by atoms with Gasteiger partial charge in [0.25, 0.3) is 0 Å². The molecule has 168 valence electrons. The Morgan fingerprint density at radius 1 is 0.697 bits per heavy atom. The highest BCUT2D eigenvalue weighted by Gasteiger charge is 2.31. The van der Waals surface area contributed by atoms with Crippen molar-refractivity contribution in [2.45, 2.75) is 18.7 Å². The number of ether oxygens (including phenoxy) is 2. The number of benzene rings is 4. The van der Waals surface area contributed by atoms with Crippen molar-refractivity contribution in [3.05, 3.63) is 138 Å². The lowest BCUT2D eigenvalue weighted by atomic mass is 9.95. The second-order valence-corrected chi connectivity index (χ2v) is 7.86. The molecule has 0 saturated carbocycles. The molecule has 4 aromatic carbocycles. The van der Waals surface area contributed by atoms with Crippen LogP contribution < -0.4 is 4.74 Å². The molecule has 2 atom stereocenters. The monoisotopic (exact) mass is 439 g/mol. The minimum atomic E-state index is -0.437. The van der Waals surface area contributed by atoms with Crippen LogP contribution >= 0.6 is 0 Å². The van der Waals surface area contributed by atoms with Crippen LogP contribution in [0.2, 0.25) is 0 Å². The lowest BCUT2D eigenvalue weighted by molar-refractivity contribution is -0.169. The first-order chi connectivity index (χ1) is 16.3. The summed E-state index contributed by atoms with van der Waals surface area (Å²) in [5.74, 6) is 0.724. The Bertz CT molecular complexity index is 1100. The van der Waals surface area contributed by atoms with Crippen LogP contribution in [0.4, 0.5) is 0 Å². The van der Waals surface area contributed by atoms with Gasteiger partial charge < -0.3 is 14.7 Å². The minimum Gasteiger partial charge on any atom is -0.496 e. The van der Waals surface area contributed by atoms with E-state index in [2.05, 4.69) is 0 Å². The molecule has 33 heavy (non-hydrogen) atoms. The van der Waals surface area contributed by atoms with Gasteiger partial charge in [-0.3, -0.25) is 0 Å². The third-order valence-corrected chi connectivity index (χ3v) is 5.70. The van der Waals surface area contributed by atoms with Crippen LogP contribution in [0.5, 0.6) is 5.75 Å². The van der Waals surface area contributed by atoms with Crippen LogP contribution in [0.3, 0.4) is 0 Å². The summed E-state index contributed by atoms with van der Waals surface area (Å²) >= 11 is 0. The van der Waals surface area contributed by atoms with E-state index >= 15 is 0 Å². The molecule has 0 radical (unpaired) electrons. The second-order valence-electron chi connectivity index (χ2n) is 7.86. The molecular weight excluding hydrogens is 410 g/mol. The van der Waals surface area contributed by atoms with Crippen LogP contribution in [0.25, 0.3) is 0 Å². The molecule has 0 fully saturated rings. The highest BCUT2D eigenvalue weighted by atomic mass is 16.5. The molecule has 1 N–H and O–H groups in total. The van der Waals surface area contributed by atoms with Gasteiger partial charge in [0.05, 0.1) is 32.4 Å². The third-order valence-electron chi connectivity index (χ3n) is 5.70. The topological polar surface area (TPSA) is 41.9 Å². The van der Waals surface area contributed by atoms with E-state index in [4.69, 9.17) is 9.47 Å². The fraction of sp³-hybridized carbons (Fsp3) is 0.172. The van der Waals surface area contributed by atoms with Crippen molar-refractivity contribution in [2.75, 3.05) is 13.7 Å². The normalized spacial score (nSPS) is 12.9. The first kappa shape index (κ1) is 22.7. The van der Waals surface area contributed by atoms with Gasteiger partial charge in [-0.15, -0.1) is 0 Å². The molecule has 4 heteroatoms. The Morgan fingerprint density at radius 2 is 1.24 bits per heavy atom. The van der Waals surface area contributed by atoms with Crippen LogP contribution in [-0.2, 0) is 11.3 Å². The number of rotatable bonds is 10. The van der Waals surface area contributed by atoms with E-state index in [1.54, 1.807) is 7.11 Å². The Balaban J connectivity index is 1.68. The molecular formula is C29H29NO3. The lowest BCUT2D eigenvalue weighted by Crippen LogP contribution is -2.33. The molecule has 0 unspecified atom stereocenters. The van der Waals surface area contributed by atoms with E-state index in [9.17, 15) is 5.21 Å². The molecule has 0 aliphatic carbocycles. The smallest absolute Gasteiger partial charge is 0.124 e. The molecule has 0 amide bonds. The van der Waals surface area contributed by atoms with Crippen molar-refractivity contribution >= 4 is 0 Å². The maximum Gasteiger partial charge on any atom is 0.124 e. The van der Waals surface area contributed by atoms with Crippen molar-refractivity contribution in [1.82, 2.24) is 5.06 Å². The third kappa shape index (κ3) is 5.68. The fourth-order valence-electron chi connectivity index (χ4n) is 4.05. The number of hydroxylamine groups is 2. The molecule has 4 rings (SSSR count). The van der Waals surface area contributed by atoms with Crippen molar-refractivity contribution in [3.8, 4) is 5.75 Å². The quantitative estimate of drug-likeness (QED) is 0.289. The van der Waals surface area contributed by atoms with E-state index in [-0.39, 0.29) is 6.04 Å². The largest absolute Gasteiger partial charge is 0.496 e. The first-order valence-corrected chi connectivity index (χ1v) is 11.1. The summed E-state index contributed by atoms with van der Waals surface area (Å²) in [4.78, 5) is 0. The first-order valence-electron chi connectivity index (χ1n) is 11.1. The van der Waals surface area contributed by atoms with Crippen LogP contribution in [0, 0.1) is 0 Å². The Kier molecular flexibility index (Phi) is 7.88. The molecule has 4 aromatic rings. The zero-order chi connectivity index (χ0) is 22.9. The summed E-state index contributed by atoms with van der Waals surface area (Å²) in [6.45, 7) is 0.802. The maximum absolute atomic E-state index is 11.7. The maximum atomic E-state index is 11.7.